The lowest BCUT2D eigenvalue weighted by Gasteiger charge is -2.23. The second-order valence-electron chi connectivity index (χ2n) is 5.91. The monoisotopic (exact) mass is 260 g/mol. The van der Waals surface area contributed by atoms with Gasteiger partial charge in [-0.1, -0.05) is 34.6 Å². The van der Waals surface area contributed by atoms with Crippen molar-refractivity contribution in [3.63, 3.8) is 0 Å². The molecule has 1 amide bonds. The zero-order valence-electron chi connectivity index (χ0n) is 12.1. The van der Waals surface area contributed by atoms with E-state index in [1.54, 1.807) is 16.7 Å². The molecule has 0 bridgehead atoms. The minimum absolute atomic E-state index is 0.144. The molecular formula is C13H28N2OS. The topological polar surface area (TPSA) is 46.3 Å². The fourth-order valence-corrected chi connectivity index (χ4v) is 1.97. The lowest BCUT2D eigenvalue weighted by molar-refractivity contribution is -0.127. The first-order valence-corrected chi connectivity index (χ1v) is 7.25. The van der Waals surface area contributed by atoms with Crippen LogP contribution in [0.15, 0.2) is 0 Å². The molecule has 0 aromatic heterocycles. The molecular weight excluding hydrogens is 232 g/mol. The molecule has 0 aliphatic rings. The van der Waals surface area contributed by atoms with Gasteiger partial charge in [0.1, 0.15) is 0 Å². The third-order valence-electron chi connectivity index (χ3n) is 2.71. The van der Waals surface area contributed by atoms with Crippen LogP contribution in [0.3, 0.4) is 0 Å². The Labute approximate surface area is 111 Å². The van der Waals surface area contributed by atoms with Gasteiger partial charge in [-0.2, -0.15) is 0 Å². The lowest BCUT2D eigenvalue weighted by Crippen LogP contribution is -2.35. The van der Waals surface area contributed by atoms with Gasteiger partial charge >= 0.3 is 0 Å². The van der Waals surface area contributed by atoms with E-state index in [-0.39, 0.29) is 16.7 Å². The Morgan fingerprint density at radius 3 is 2.29 bits per heavy atom. The third kappa shape index (κ3) is 8.50. The van der Waals surface area contributed by atoms with Gasteiger partial charge in [-0.15, -0.1) is 11.8 Å². The van der Waals surface area contributed by atoms with E-state index in [4.69, 9.17) is 5.73 Å². The number of thioether (sulfide) groups is 1. The molecule has 1 unspecified atom stereocenters. The van der Waals surface area contributed by atoms with Crippen molar-refractivity contribution in [3.8, 4) is 0 Å². The minimum atomic E-state index is 0.144. The number of carbonyl (C=O) groups excluding carboxylic acids is 1. The normalized spacial score (nSPS) is 13.9. The molecule has 1 atom stereocenters. The second kappa shape index (κ2) is 7.27. The van der Waals surface area contributed by atoms with Gasteiger partial charge in [-0.3, -0.25) is 4.79 Å². The van der Waals surface area contributed by atoms with E-state index in [0.29, 0.717) is 11.7 Å². The summed E-state index contributed by atoms with van der Waals surface area (Å²) < 4.78 is 0.144. The lowest BCUT2D eigenvalue weighted by atomic mass is 10.0. The van der Waals surface area contributed by atoms with Crippen molar-refractivity contribution in [2.45, 2.75) is 51.8 Å². The van der Waals surface area contributed by atoms with Gasteiger partial charge in [-0.05, 0) is 12.3 Å². The number of carbonyl (C=O) groups is 1. The van der Waals surface area contributed by atoms with Crippen LogP contribution in [0.5, 0.6) is 0 Å². The Bertz CT molecular complexity index is 236. The Hall–Kier alpha value is -0.220. The highest BCUT2D eigenvalue weighted by Gasteiger charge is 2.16. The molecule has 0 aromatic rings. The first kappa shape index (κ1) is 16.8. The summed E-state index contributed by atoms with van der Waals surface area (Å²) in [4.78, 5) is 13.6. The quantitative estimate of drug-likeness (QED) is 0.797. The molecule has 0 radical (unpaired) electrons. The number of nitrogens with two attached hydrogens (primary N) is 1. The Balaban J connectivity index is 3.90. The predicted molar refractivity (Wildman–Crippen MR) is 77.3 cm³/mol. The second-order valence-corrected chi connectivity index (χ2v) is 7.71. The Morgan fingerprint density at radius 2 is 1.88 bits per heavy atom. The molecule has 0 heterocycles. The van der Waals surface area contributed by atoms with Crippen LogP contribution in [0, 0.1) is 5.92 Å². The zero-order valence-corrected chi connectivity index (χ0v) is 12.9. The summed E-state index contributed by atoms with van der Waals surface area (Å²) in [7, 11) is 1.86. The van der Waals surface area contributed by atoms with Gasteiger partial charge in [0.25, 0.3) is 0 Å². The molecule has 4 heteroatoms. The largest absolute Gasteiger partial charge is 0.345 e. The predicted octanol–water partition coefficient (Wildman–Crippen LogP) is 2.35. The van der Waals surface area contributed by atoms with E-state index < -0.39 is 0 Å². The molecule has 17 heavy (non-hydrogen) atoms. The Morgan fingerprint density at radius 1 is 1.35 bits per heavy atom. The van der Waals surface area contributed by atoms with Crippen LogP contribution >= 0.6 is 11.8 Å². The molecule has 3 nitrogen and oxygen atoms in total. The average Bonchev–Trinajstić information content (AvgIpc) is 2.20. The summed E-state index contributed by atoms with van der Waals surface area (Å²) in [6.07, 6.45) is 0.875. The molecule has 0 aromatic carbocycles. The van der Waals surface area contributed by atoms with Crippen molar-refractivity contribution in [3.05, 3.63) is 0 Å². The number of hydrogen-bond acceptors (Lipinski definition) is 3. The van der Waals surface area contributed by atoms with Crippen LogP contribution in [0.1, 0.15) is 41.0 Å². The van der Waals surface area contributed by atoms with E-state index in [0.717, 1.165) is 13.0 Å². The van der Waals surface area contributed by atoms with Gasteiger partial charge < -0.3 is 10.6 Å². The molecule has 0 aliphatic heterocycles. The van der Waals surface area contributed by atoms with Gasteiger partial charge in [0.15, 0.2) is 0 Å². The number of hydrogen-bond donors (Lipinski definition) is 1. The van der Waals surface area contributed by atoms with E-state index in [9.17, 15) is 4.79 Å². The van der Waals surface area contributed by atoms with Crippen molar-refractivity contribution >= 4 is 17.7 Å². The molecule has 0 saturated carbocycles. The average molecular weight is 260 g/mol. The molecule has 0 spiro atoms. The van der Waals surface area contributed by atoms with Crippen molar-refractivity contribution in [1.29, 1.82) is 0 Å². The number of amides is 1. The van der Waals surface area contributed by atoms with Crippen LogP contribution in [0.25, 0.3) is 0 Å². The standard InChI is InChI=1S/C13H28N2OS/c1-10(2)11(14)7-8-15(6)12(16)9-17-13(3,4)5/h10-11H,7-9,14H2,1-6H3. The summed E-state index contributed by atoms with van der Waals surface area (Å²) in [5, 5.41) is 0. The van der Waals surface area contributed by atoms with Gasteiger partial charge in [0.05, 0.1) is 5.75 Å². The van der Waals surface area contributed by atoms with Gasteiger partial charge in [0, 0.05) is 24.4 Å². The third-order valence-corrected chi connectivity index (χ3v) is 3.97. The highest BCUT2D eigenvalue weighted by molar-refractivity contribution is 8.01. The van der Waals surface area contributed by atoms with Gasteiger partial charge in [0.2, 0.25) is 5.91 Å². The summed E-state index contributed by atoms with van der Waals surface area (Å²) in [5.41, 5.74) is 5.96. The van der Waals surface area contributed by atoms with E-state index in [2.05, 4.69) is 34.6 Å². The first-order valence-electron chi connectivity index (χ1n) is 6.27. The Kier molecular flexibility index (Phi) is 7.17. The maximum absolute atomic E-state index is 11.8. The molecule has 0 rings (SSSR count). The minimum Gasteiger partial charge on any atom is -0.345 e. The summed E-state index contributed by atoms with van der Waals surface area (Å²) in [5.74, 6) is 1.22. The SMILES string of the molecule is CC(C)C(N)CCN(C)C(=O)CSC(C)(C)C. The maximum atomic E-state index is 11.8. The molecule has 2 N–H and O–H groups in total. The van der Waals surface area contributed by atoms with E-state index in [1.165, 1.54) is 0 Å². The fraction of sp³-hybridized carbons (Fsp3) is 0.923. The fourth-order valence-electron chi connectivity index (χ4n) is 1.19. The highest BCUT2D eigenvalue weighted by atomic mass is 32.2. The number of nitrogens with zero attached hydrogens (tertiary/aromatic N) is 1. The molecule has 0 saturated heterocycles. The molecule has 0 fully saturated rings. The van der Waals surface area contributed by atoms with Gasteiger partial charge in [-0.25, -0.2) is 0 Å². The van der Waals surface area contributed by atoms with E-state index in [1.807, 2.05) is 7.05 Å². The zero-order chi connectivity index (χ0) is 13.6. The first-order chi connectivity index (χ1) is 7.63. The van der Waals surface area contributed by atoms with Crippen LogP contribution in [-0.4, -0.2) is 40.9 Å². The maximum Gasteiger partial charge on any atom is 0.232 e. The van der Waals surface area contributed by atoms with E-state index >= 15 is 0 Å². The molecule has 0 aliphatic carbocycles. The number of rotatable bonds is 6. The highest BCUT2D eigenvalue weighted by Crippen LogP contribution is 2.23. The van der Waals surface area contributed by atoms with Crippen molar-refractivity contribution in [1.82, 2.24) is 4.90 Å². The summed E-state index contributed by atoms with van der Waals surface area (Å²) >= 11 is 1.69. The smallest absolute Gasteiger partial charge is 0.232 e. The van der Waals surface area contributed by atoms with Crippen LogP contribution in [0.4, 0.5) is 0 Å². The summed E-state index contributed by atoms with van der Waals surface area (Å²) in [6, 6.07) is 0.181. The molecule has 102 valence electrons. The van der Waals surface area contributed by atoms with Crippen molar-refractivity contribution < 1.29 is 4.79 Å². The van der Waals surface area contributed by atoms with Crippen molar-refractivity contribution in [2.75, 3.05) is 19.3 Å². The van der Waals surface area contributed by atoms with Crippen LogP contribution in [0.2, 0.25) is 0 Å². The van der Waals surface area contributed by atoms with Crippen molar-refractivity contribution in [2.24, 2.45) is 11.7 Å². The van der Waals surface area contributed by atoms with Crippen LogP contribution < -0.4 is 5.73 Å². The summed E-state index contributed by atoms with van der Waals surface area (Å²) in [6.45, 7) is 11.4. The van der Waals surface area contributed by atoms with Crippen LogP contribution in [-0.2, 0) is 4.79 Å².